The van der Waals surface area contributed by atoms with E-state index in [0.717, 1.165) is 24.5 Å². The summed E-state index contributed by atoms with van der Waals surface area (Å²) in [6.07, 6.45) is 1.05. The van der Waals surface area contributed by atoms with Gasteiger partial charge in [0.1, 0.15) is 0 Å². The second-order valence-corrected chi connectivity index (χ2v) is 4.95. The summed E-state index contributed by atoms with van der Waals surface area (Å²) >= 11 is 0. The Morgan fingerprint density at radius 3 is 2.10 bits per heavy atom. The number of ether oxygens (including phenoxy) is 2. The standard InChI is InChI=1S/C18H23NO2/c1-5-13-6-8-14(9-7-13)16-11-18(21-4)17(20-3)10-15(16)12-19-2/h6-11,19H,5,12H2,1-4H3. The molecule has 0 amide bonds. The van der Waals surface area contributed by atoms with E-state index in [4.69, 9.17) is 9.47 Å². The van der Waals surface area contributed by atoms with Crippen molar-refractivity contribution in [1.29, 1.82) is 0 Å². The molecule has 3 nitrogen and oxygen atoms in total. The highest BCUT2D eigenvalue weighted by Crippen LogP contribution is 2.35. The van der Waals surface area contributed by atoms with Gasteiger partial charge in [-0.05, 0) is 47.9 Å². The van der Waals surface area contributed by atoms with E-state index < -0.39 is 0 Å². The van der Waals surface area contributed by atoms with Gasteiger partial charge in [-0.25, -0.2) is 0 Å². The average molecular weight is 285 g/mol. The van der Waals surface area contributed by atoms with Gasteiger partial charge in [-0.15, -0.1) is 0 Å². The van der Waals surface area contributed by atoms with E-state index in [1.54, 1.807) is 14.2 Å². The summed E-state index contributed by atoms with van der Waals surface area (Å²) in [5, 5.41) is 3.21. The summed E-state index contributed by atoms with van der Waals surface area (Å²) in [5.74, 6) is 1.52. The molecule has 0 fully saturated rings. The maximum Gasteiger partial charge on any atom is 0.161 e. The first kappa shape index (κ1) is 15.4. The van der Waals surface area contributed by atoms with Crippen LogP contribution in [0.2, 0.25) is 0 Å². The van der Waals surface area contributed by atoms with E-state index in [2.05, 4.69) is 36.5 Å². The van der Waals surface area contributed by atoms with Crippen molar-refractivity contribution >= 4 is 0 Å². The van der Waals surface area contributed by atoms with E-state index in [-0.39, 0.29) is 0 Å². The van der Waals surface area contributed by atoms with Gasteiger partial charge >= 0.3 is 0 Å². The molecule has 0 saturated heterocycles. The molecule has 0 aromatic heterocycles. The summed E-state index contributed by atoms with van der Waals surface area (Å²) in [5.41, 5.74) is 4.90. The number of aryl methyl sites for hydroxylation is 1. The Hall–Kier alpha value is -2.00. The quantitative estimate of drug-likeness (QED) is 0.878. The maximum absolute atomic E-state index is 5.43. The molecule has 0 heterocycles. The lowest BCUT2D eigenvalue weighted by Gasteiger charge is -2.15. The van der Waals surface area contributed by atoms with Crippen molar-refractivity contribution in [3.8, 4) is 22.6 Å². The fourth-order valence-corrected chi connectivity index (χ4v) is 2.45. The van der Waals surface area contributed by atoms with Crippen LogP contribution in [0.3, 0.4) is 0 Å². The van der Waals surface area contributed by atoms with E-state index in [9.17, 15) is 0 Å². The van der Waals surface area contributed by atoms with Crippen molar-refractivity contribution in [3.63, 3.8) is 0 Å². The molecule has 0 atom stereocenters. The Morgan fingerprint density at radius 1 is 0.952 bits per heavy atom. The molecule has 0 aliphatic heterocycles. The van der Waals surface area contributed by atoms with E-state index in [1.165, 1.54) is 22.3 Å². The first-order chi connectivity index (χ1) is 10.2. The Morgan fingerprint density at radius 2 is 1.57 bits per heavy atom. The van der Waals surface area contributed by atoms with Gasteiger partial charge in [-0.2, -0.15) is 0 Å². The third-order valence-corrected chi connectivity index (χ3v) is 3.65. The third-order valence-electron chi connectivity index (χ3n) is 3.65. The summed E-state index contributed by atoms with van der Waals surface area (Å²) < 4.78 is 10.8. The summed E-state index contributed by atoms with van der Waals surface area (Å²) in [4.78, 5) is 0. The lowest BCUT2D eigenvalue weighted by molar-refractivity contribution is 0.354. The van der Waals surface area contributed by atoms with E-state index in [0.29, 0.717) is 0 Å². The van der Waals surface area contributed by atoms with Crippen LogP contribution in [0.25, 0.3) is 11.1 Å². The van der Waals surface area contributed by atoms with Gasteiger partial charge in [0.05, 0.1) is 14.2 Å². The molecule has 0 unspecified atom stereocenters. The van der Waals surface area contributed by atoms with Gasteiger partial charge in [-0.1, -0.05) is 31.2 Å². The Labute approximate surface area is 126 Å². The van der Waals surface area contributed by atoms with Gasteiger partial charge < -0.3 is 14.8 Å². The molecular formula is C18H23NO2. The number of benzene rings is 2. The van der Waals surface area contributed by atoms with Crippen molar-refractivity contribution in [2.75, 3.05) is 21.3 Å². The zero-order chi connectivity index (χ0) is 15.2. The van der Waals surface area contributed by atoms with E-state index >= 15 is 0 Å². The summed E-state index contributed by atoms with van der Waals surface area (Å²) in [6.45, 7) is 2.95. The van der Waals surface area contributed by atoms with Crippen molar-refractivity contribution < 1.29 is 9.47 Å². The molecule has 0 spiro atoms. The number of nitrogens with one attached hydrogen (secondary N) is 1. The van der Waals surface area contributed by atoms with Gasteiger partial charge in [-0.3, -0.25) is 0 Å². The van der Waals surface area contributed by atoms with Gasteiger partial charge in [0, 0.05) is 6.54 Å². The number of hydrogen-bond donors (Lipinski definition) is 1. The lowest BCUT2D eigenvalue weighted by atomic mass is 9.97. The molecule has 0 aliphatic rings. The van der Waals surface area contributed by atoms with Crippen molar-refractivity contribution in [3.05, 3.63) is 47.5 Å². The molecule has 0 aliphatic carbocycles. The maximum atomic E-state index is 5.43. The number of rotatable bonds is 6. The zero-order valence-electron chi connectivity index (χ0n) is 13.2. The second-order valence-electron chi connectivity index (χ2n) is 4.95. The van der Waals surface area contributed by atoms with Gasteiger partial charge in [0.2, 0.25) is 0 Å². The molecule has 0 radical (unpaired) electrons. The third kappa shape index (κ3) is 3.37. The highest BCUT2D eigenvalue weighted by molar-refractivity contribution is 5.71. The minimum absolute atomic E-state index is 0.756. The largest absolute Gasteiger partial charge is 0.493 e. The highest BCUT2D eigenvalue weighted by Gasteiger charge is 2.12. The Balaban J connectivity index is 2.52. The van der Waals surface area contributed by atoms with Gasteiger partial charge in [0.15, 0.2) is 11.5 Å². The summed E-state index contributed by atoms with van der Waals surface area (Å²) in [7, 11) is 5.27. The molecule has 2 rings (SSSR count). The van der Waals surface area contributed by atoms with Crippen LogP contribution in [0.5, 0.6) is 11.5 Å². The molecule has 0 saturated carbocycles. The van der Waals surface area contributed by atoms with Crippen LogP contribution in [-0.2, 0) is 13.0 Å². The first-order valence-corrected chi connectivity index (χ1v) is 7.22. The highest BCUT2D eigenvalue weighted by atomic mass is 16.5. The fourth-order valence-electron chi connectivity index (χ4n) is 2.45. The molecular weight excluding hydrogens is 262 g/mol. The Kier molecular flexibility index (Phi) is 5.23. The van der Waals surface area contributed by atoms with E-state index in [1.807, 2.05) is 19.2 Å². The van der Waals surface area contributed by atoms with Crippen LogP contribution in [0.15, 0.2) is 36.4 Å². The zero-order valence-corrected chi connectivity index (χ0v) is 13.2. The molecule has 2 aromatic carbocycles. The SMILES string of the molecule is CCc1ccc(-c2cc(OC)c(OC)cc2CNC)cc1. The van der Waals surface area contributed by atoms with Crippen LogP contribution >= 0.6 is 0 Å². The van der Waals surface area contributed by atoms with Crippen LogP contribution < -0.4 is 14.8 Å². The molecule has 2 aromatic rings. The number of methoxy groups -OCH3 is 2. The van der Waals surface area contributed by atoms with Crippen molar-refractivity contribution in [2.24, 2.45) is 0 Å². The lowest BCUT2D eigenvalue weighted by Crippen LogP contribution is -2.07. The predicted octanol–water partition coefficient (Wildman–Crippen LogP) is 3.65. The van der Waals surface area contributed by atoms with Crippen LogP contribution in [0.1, 0.15) is 18.1 Å². The van der Waals surface area contributed by atoms with Crippen molar-refractivity contribution in [2.45, 2.75) is 19.9 Å². The van der Waals surface area contributed by atoms with Crippen molar-refractivity contribution in [1.82, 2.24) is 5.32 Å². The minimum atomic E-state index is 0.756. The monoisotopic (exact) mass is 285 g/mol. The molecule has 21 heavy (non-hydrogen) atoms. The second kappa shape index (κ2) is 7.14. The van der Waals surface area contributed by atoms with Crippen LogP contribution in [0.4, 0.5) is 0 Å². The fraction of sp³-hybridized carbons (Fsp3) is 0.333. The molecule has 112 valence electrons. The normalized spacial score (nSPS) is 10.5. The van der Waals surface area contributed by atoms with Gasteiger partial charge in [0.25, 0.3) is 0 Å². The average Bonchev–Trinajstić information content (AvgIpc) is 2.54. The molecule has 3 heteroatoms. The molecule has 0 bridgehead atoms. The van der Waals surface area contributed by atoms with Crippen LogP contribution in [-0.4, -0.2) is 21.3 Å². The minimum Gasteiger partial charge on any atom is -0.493 e. The predicted molar refractivity (Wildman–Crippen MR) is 87.1 cm³/mol. The molecule has 1 N–H and O–H groups in total. The Bertz CT molecular complexity index is 591. The van der Waals surface area contributed by atoms with Crippen LogP contribution in [0, 0.1) is 0 Å². The smallest absolute Gasteiger partial charge is 0.161 e. The first-order valence-electron chi connectivity index (χ1n) is 7.22. The topological polar surface area (TPSA) is 30.5 Å². The number of hydrogen-bond acceptors (Lipinski definition) is 3. The summed E-state index contributed by atoms with van der Waals surface area (Å²) in [6, 6.07) is 12.8.